The van der Waals surface area contributed by atoms with Gasteiger partial charge >= 0.3 is 5.92 Å². The highest BCUT2D eigenvalue weighted by Crippen LogP contribution is 2.32. The number of piperidine rings is 1. The number of halogens is 2. The van der Waals surface area contributed by atoms with Gasteiger partial charge in [0.25, 0.3) is 5.91 Å². The Labute approximate surface area is 122 Å². The van der Waals surface area contributed by atoms with Crippen molar-refractivity contribution in [3.63, 3.8) is 0 Å². The lowest BCUT2D eigenvalue weighted by Gasteiger charge is -2.34. The van der Waals surface area contributed by atoms with Crippen LogP contribution in [-0.4, -0.2) is 42.7 Å². The van der Waals surface area contributed by atoms with E-state index in [0.717, 1.165) is 11.3 Å². The van der Waals surface area contributed by atoms with Crippen molar-refractivity contribution in [1.29, 1.82) is 0 Å². The number of ether oxygens (including phenoxy) is 1. The number of hydrogen-bond acceptors (Lipinski definition) is 3. The van der Waals surface area contributed by atoms with Crippen LogP contribution in [0.25, 0.3) is 0 Å². The van der Waals surface area contributed by atoms with Crippen molar-refractivity contribution in [2.24, 2.45) is 5.92 Å². The van der Waals surface area contributed by atoms with Gasteiger partial charge in [0, 0.05) is 25.3 Å². The first kappa shape index (κ1) is 15.7. The molecule has 0 aliphatic carbocycles. The molecule has 116 valence electrons. The molecule has 1 atom stereocenters. The molecule has 1 aliphatic rings. The highest BCUT2D eigenvalue weighted by atomic mass is 19.3. The average Bonchev–Trinajstić information content (AvgIpc) is 2.54. The molecular formula is C15H19F2NO3. The summed E-state index contributed by atoms with van der Waals surface area (Å²) in [6.07, 6.45) is 1.39. The molecule has 0 bridgehead atoms. The number of nitrogens with zero attached hydrogens (tertiary/aromatic N) is 1. The lowest BCUT2D eigenvalue weighted by atomic mass is 9.97. The van der Waals surface area contributed by atoms with Crippen LogP contribution < -0.4 is 4.74 Å². The van der Waals surface area contributed by atoms with Crippen molar-refractivity contribution in [2.45, 2.75) is 18.8 Å². The first-order valence-electron chi connectivity index (χ1n) is 6.91. The first-order chi connectivity index (χ1) is 9.98. The smallest absolute Gasteiger partial charge is 0.349 e. The molecule has 0 saturated carbocycles. The normalized spacial score (nSPS) is 19.4. The fourth-order valence-electron chi connectivity index (χ4n) is 2.52. The zero-order valence-electron chi connectivity index (χ0n) is 11.9. The van der Waals surface area contributed by atoms with E-state index in [-0.39, 0.29) is 24.6 Å². The Kier molecular flexibility index (Phi) is 4.77. The standard InChI is InChI=1S/C15H19F2NO3/c1-21-13-6-4-12(5-7-13)15(16,17)14(20)18-8-2-3-11(9-18)10-19/h4-7,11,19H,2-3,8-10H2,1H3. The van der Waals surface area contributed by atoms with E-state index in [1.807, 2.05) is 0 Å². The molecule has 1 unspecified atom stereocenters. The van der Waals surface area contributed by atoms with E-state index in [9.17, 15) is 13.6 Å². The van der Waals surface area contributed by atoms with Crippen LogP contribution in [0.2, 0.25) is 0 Å². The molecule has 21 heavy (non-hydrogen) atoms. The molecule has 0 spiro atoms. The zero-order valence-corrected chi connectivity index (χ0v) is 11.9. The highest BCUT2D eigenvalue weighted by molar-refractivity contribution is 5.85. The second-order valence-electron chi connectivity index (χ2n) is 5.24. The monoisotopic (exact) mass is 299 g/mol. The molecule has 1 N–H and O–H groups in total. The Bertz CT molecular complexity index is 490. The second kappa shape index (κ2) is 6.39. The minimum atomic E-state index is -3.57. The molecule has 6 heteroatoms. The van der Waals surface area contributed by atoms with Crippen LogP contribution in [0.5, 0.6) is 5.75 Å². The Hall–Kier alpha value is -1.69. The Balaban J connectivity index is 2.15. The summed E-state index contributed by atoms with van der Waals surface area (Å²) in [4.78, 5) is 13.2. The van der Waals surface area contributed by atoms with Crippen LogP contribution in [-0.2, 0) is 10.7 Å². The van der Waals surface area contributed by atoms with Gasteiger partial charge in [-0.1, -0.05) is 0 Å². The van der Waals surface area contributed by atoms with Crippen molar-refractivity contribution < 1.29 is 23.4 Å². The molecule has 0 aromatic heterocycles. The maximum absolute atomic E-state index is 14.3. The topological polar surface area (TPSA) is 49.8 Å². The van der Waals surface area contributed by atoms with Gasteiger partial charge < -0.3 is 14.7 Å². The maximum atomic E-state index is 14.3. The lowest BCUT2D eigenvalue weighted by molar-refractivity contribution is -0.161. The van der Waals surface area contributed by atoms with E-state index in [2.05, 4.69) is 0 Å². The van der Waals surface area contributed by atoms with E-state index in [0.29, 0.717) is 18.7 Å². The summed E-state index contributed by atoms with van der Waals surface area (Å²) in [7, 11) is 1.45. The zero-order chi connectivity index (χ0) is 15.5. The number of methoxy groups -OCH3 is 1. The predicted molar refractivity (Wildman–Crippen MR) is 73.3 cm³/mol. The summed E-state index contributed by atoms with van der Waals surface area (Å²) in [5.41, 5.74) is -0.348. The first-order valence-corrected chi connectivity index (χ1v) is 6.91. The quantitative estimate of drug-likeness (QED) is 0.925. The van der Waals surface area contributed by atoms with Crippen LogP contribution in [0.15, 0.2) is 24.3 Å². The number of hydrogen-bond donors (Lipinski definition) is 1. The lowest BCUT2D eigenvalue weighted by Crippen LogP contribution is -2.47. The van der Waals surface area contributed by atoms with Crippen LogP contribution in [0, 0.1) is 5.92 Å². The molecule has 1 heterocycles. The molecule has 1 aliphatic heterocycles. The van der Waals surface area contributed by atoms with E-state index >= 15 is 0 Å². The predicted octanol–water partition coefficient (Wildman–Crippen LogP) is 2.02. The average molecular weight is 299 g/mol. The number of carbonyl (C=O) groups excluding carboxylic acids is 1. The van der Waals surface area contributed by atoms with E-state index < -0.39 is 11.8 Å². The van der Waals surface area contributed by atoms with Gasteiger partial charge in [-0.05, 0) is 43.0 Å². The van der Waals surface area contributed by atoms with Crippen molar-refractivity contribution in [2.75, 3.05) is 26.8 Å². The minimum Gasteiger partial charge on any atom is -0.497 e. The van der Waals surface area contributed by atoms with Gasteiger partial charge in [-0.25, -0.2) is 0 Å². The van der Waals surface area contributed by atoms with Crippen molar-refractivity contribution in [1.82, 2.24) is 4.90 Å². The van der Waals surface area contributed by atoms with E-state index in [1.165, 1.54) is 31.4 Å². The fourth-order valence-corrected chi connectivity index (χ4v) is 2.52. The second-order valence-corrected chi connectivity index (χ2v) is 5.24. The van der Waals surface area contributed by atoms with Crippen molar-refractivity contribution in [3.05, 3.63) is 29.8 Å². The molecule has 0 radical (unpaired) electrons. The van der Waals surface area contributed by atoms with Crippen molar-refractivity contribution >= 4 is 5.91 Å². The summed E-state index contributed by atoms with van der Waals surface area (Å²) in [6.45, 7) is 0.403. The van der Waals surface area contributed by atoms with Gasteiger partial charge in [-0.3, -0.25) is 4.79 Å². The van der Waals surface area contributed by atoms with E-state index in [1.54, 1.807) is 0 Å². The summed E-state index contributed by atoms with van der Waals surface area (Å²) in [6, 6.07) is 5.21. The SMILES string of the molecule is COc1ccc(C(F)(F)C(=O)N2CCCC(CO)C2)cc1. The van der Waals surface area contributed by atoms with Gasteiger partial charge in [-0.2, -0.15) is 8.78 Å². The van der Waals surface area contributed by atoms with Gasteiger partial charge in [0.05, 0.1) is 7.11 Å². The van der Waals surface area contributed by atoms with Crippen LogP contribution in [0.1, 0.15) is 18.4 Å². The Morgan fingerprint density at radius 1 is 1.43 bits per heavy atom. The van der Waals surface area contributed by atoms with Crippen LogP contribution in [0.4, 0.5) is 8.78 Å². The third-order valence-electron chi connectivity index (χ3n) is 3.79. The molecular weight excluding hydrogens is 280 g/mol. The van der Waals surface area contributed by atoms with Gasteiger partial charge in [-0.15, -0.1) is 0 Å². The van der Waals surface area contributed by atoms with Crippen LogP contribution in [0.3, 0.4) is 0 Å². The number of carbonyl (C=O) groups is 1. The Morgan fingerprint density at radius 3 is 2.67 bits per heavy atom. The third-order valence-corrected chi connectivity index (χ3v) is 3.79. The summed E-state index contributed by atoms with van der Waals surface area (Å²) < 4.78 is 33.5. The summed E-state index contributed by atoms with van der Waals surface area (Å²) in [5.74, 6) is -4.43. The number of rotatable bonds is 4. The van der Waals surface area contributed by atoms with Crippen molar-refractivity contribution in [3.8, 4) is 5.75 Å². The third kappa shape index (κ3) is 3.32. The number of alkyl halides is 2. The summed E-state index contributed by atoms with van der Waals surface area (Å²) >= 11 is 0. The number of benzene rings is 1. The molecule has 2 rings (SSSR count). The van der Waals surface area contributed by atoms with Gasteiger partial charge in [0.15, 0.2) is 0 Å². The number of amides is 1. The Morgan fingerprint density at radius 2 is 2.10 bits per heavy atom. The number of aliphatic hydroxyl groups is 1. The molecule has 4 nitrogen and oxygen atoms in total. The fraction of sp³-hybridized carbons (Fsp3) is 0.533. The highest BCUT2D eigenvalue weighted by Gasteiger charge is 2.44. The molecule has 1 saturated heterocycles. The van der Waals surface area contributed by atoms with Gasteiger partial charge in [0.1, 0.15) is 5.75 Å². The summed E-state index contributed by atoms with van der Waals surface area (Å²) in [5, 5.41) is 9.13. The molecule has 1 aromatic rings. The van der Waals surface area contributed by atoms with Crippen LogP contribution >= 0.6 is 0 Å². The number of likely N-dealkylation sites (tertiary alicyclic amines) is 1. The van der Waals surface area contributed by atoms with Gasteiger partial charge in [0.2, 0.25) is 0 Å². The molecule has 1 aromatic carbocycles. The number of aliphatic hydroxyl groups excluding tert-OH is 1. The maximum Gasteiger partial charge on any atom is 0.349 e. The van der Waals surface area contributed by atoms with E-state index in [4.69, 9.17) is 9.84 Å². The largest absolute Gasteiger partial charge is 0.497 e. The molecule has 1 amide bonds. The minimum absolute atomic E-state index is 0.0854. The molecule has 1 fully saturated rings.